The monoisotopic (exact) mass is 1040 g/mol. The van der Waals surface area contributed by atoms with Crippen LogP contribution in [0.2, 0.25) is 0 Å². The zero-order valence-electron chi connectivity index (χ0n) is 51.1. The Hall–Kier alpha value is -2.20. The van der Waals surface area contributed by atoms with Crippen molar-refractivity contribution in [1.82, 2.24) is 10.1 Å². The minimum atomic E-state index is -0.427. The van der Waals surface area contributed by atoms with Crippen molar-refractivity contribution < 1.29 is 38.3 Å². The standard InChI is InChI=1S/C64H120N2O8/c1-15-21-23-25-27-31-37-43-55(45-39-33-29-35-41-47-59(69)71-57-49-61(11,17-3)65(73-53(9)67)63(13,19-5)51(57)7)56(44-38-32-28-26-24-22-16-2)46-40-34-30-36-42-48-60(70)72-58-50-62(12,18-4)66(74-54(10)68)64(14,20-6)52(58)8/h51-52,55-58H,15-50H2,1-14H3. The average Bonchev–Trinajstić information content (AvgIpc) is 3.37. The number of unbranched alkanes of at least 4 members (excludes halogenated alkanes) is 20. The lowest BCUT2D eigenvalue weighted by Gasteiger charge is -2.57. The summed E-state index contributed by atoms with van der Waals surface area (Å²) < 4.78 is 12.5. The highest BCUT2D eigenvalue weighted by molar-refractivity contribution is 5.70. The molecular formula is C64H120N2O8. The molecule has 0 spiro atoms. The predicted molar refractivity (Wildman–Crippen MR) is 306 cm³/mol. The lowest BCUT2D eigenvalue weighted by molar-refractivity contribution is -0.299. The first-order valence-corrected chi connectivity index (χ1v) is 31.6. The lowest BCUT2D eigenvalue weighted by Crippen LogP contribution is -2.68. The zero-order valence-corrected chi connectivity index (χ0v) is 51.1. The van der Waals surface area contributed by atoms with Gasteiger partial charge in [0.2, 0.25) is 0 Å². The maximum atomic E-state index is 13.3. The highest BCUT2D eigenvalue weighted by Gasteiger charge is 2.57. The van der Waals surface area contributed by atoms with E-state index in [2.05, 4.69) is 83.1 Å². The van der Waals surface area contributed by atoms with Crippen LogP contribution in [-0.2, 0) is 38.3 Å². The Labute approximate surface area is 456 Å². The second-order valence-corrected chi connectivity index (χ2v) is 24.9. The summed E-state index contributed by atoms with van der Waals surface area (Å²) in [6.45, 7) is 28.9. The summed E-state index contributed by atoms with van der Waals surface area (Å²) in [6, 6.07) is 0. The molecule has 74 heavy (non-hydrogen) atoms. The number of piperidine rings is 2. The molecule has 10 atom stereocenters. The van der Waals surface area contributed by atoms with Gasteiger partial charge in [0, 0.05) is 51.4 Å². The highest BCUT2D eigenvalue weighted by atomic mass is 16.7. The van der Waals surface area contributed by atoms with Crippen molar-refractivity contribution in [2.45, 2.75) is 362 Å². The van der Waals surface area contributed by atoms with E-state index in [9.17, 15) is 19.2 Å². The van der Waals surface area contributed by atoms with Crippen LogP contribution < -0.4 is 0 Å². The van der Waals surface area contributed by atoms with Gasteiger partial charge in [-0.1, -0.05) is 222 Å². The van der Waals surface area contributed by atoms with Crippen molar-refractivity contribution in [3.63, 3.8) is 0 Å². The summed E-state index contributed by atoms with van der Waals surface area (Å²) in [5, 5.41) is 3.84. The number of hydroxylamine groups is 4. The van der Waals surface area contributed by atoms with Crippen LogP contribution in [0.3, 0.4) is 0 Å². The van der Waals surface area contributed by atoms with Gasteiger partial charge in [-0.3, -0.25) is 19.2 Å². The summed E-state index contributed by atoms with van der Waals surface area (Å²) in [6.07, 6.45) is 40.6. The number of esters is 2. The predicted octanol–water partition coefficient (Wildman–Crippen LogP) is 18.1. The molecular weight excluding hydrogens is 925 g/mol. The van der Waals surface area contributed by atoms with E-state index >= 15 is 0 Å². The molecule has 0 saturated carbocycles. The van der Waals surface area contributed by atoms with Crippen molar-refractivity contribution in [1.29, 1.82) is 0 Å². The smallest absolute Gasteiger partial charge is 0.322 e. The highest BCUT2D eigenvalue weighted by Crippen LogP contribution is 2.48. The summed E-state index contributed by atoms with van der Waals surface area (Å²) in [4.78, 5) is 62.7. The minimum Gasteiger partial charge on any atom is -0.462 e. The van der Waals surface area contributed by atoms with Gasteiger partial charge in [0.15, 0.2) is 0 Å². The van der Waals surface area contributed by atoms with E-state index < -0.39 is 22.2 Å². The summed E-state index contributed by atoms with van der Waals surface area (Å²) in [5.74, 6) is 0.840. The molecule has 2 fully saturated rings. The Morgan fingerprint density at radius 2 is 0.689 bits per heavy atom. The number of nitrogens with zero attached hydrogens (tertiary/aromatic N) is 2. The molecule has 0 N–H and O–H groups in total. The first kappa shape index (κ1) is 67.9. The Morgan fingerprint density at radius 3 is 0.946 bits per heavy atom. The van der Waals surface area contributed by atoms with Crippen molar-refractivity contribution in [3.8, 4) is 0 Å². The van der Waals surface area contributed by atoms with Crippen LogP contribution in [0.25, 0.3) is 0 Å². The number of ether oxygens (including phenoxy) is 2. The minimum absolute atomic E-state index is 0.0276. The summed E-state index contributed by atoms with van der Waals surface area (Å²) >= 11 is 0. The van der Waals surface area contributed by atoms with Gasteiger partial charge in [0.1, 0.15) is 12.2 Å². The van der Waals surface area contributed by atoms with Gasteiger partial charge < -0.3 is 19.1 Å². The number of rotatable bonds is 41. The lowest BCUT2D eigenvalue weighted by atomic mass is 9.69. The molecule has 10 heteroatoms. The molecule has 2 rings (SSSR count). The first-order chi connectivity index (χ1) is 35.2. The van der Waals surface area contributed by atoms with Gasteiger partial charge in [-0.25, -0.2) is 0 Å². The van der Waals surface area contributed by atoms with Crippen LogP contribution in [-0.4, -0.2) is 68.4 Å². The number of carbonyl (C=O) groups excluding carboxylic acids is 4. The molecule has 2 saturated heterocycles. The van der Waals surface area contributed by atoms with E-state index in [1.807, 2.05) is 10.1 Å². The van der Waals surface area contributed by atoms with Gasteiger partial charge in [-0.15, -0.1) is 10.1 Å². The van der Waals surface area contributed by atoms with Crippen LogP contribution in [0.4, 0.5) is 0 Å². The quantitative estimate of drug-likeness (QED) is 0.0433. The van der Waals surface area contributed by atoms with E-state index in [1.165, 1.54) is 155 Å². The molecule has 0 aromatic heterocycles. The van der Waals surface area contributed by atoms with Crippen molar-refractivity contribution in [3.05, 3.63) is 0 Å². The third kappa shape index (κ3) is 22.3. The summed E-state index contributed by atoms with van der Waals surface area (Å²) in [5.41, 5.74) is -1.67. The molecule has 2 aliphatic heterocycles. The largest absolute Gasteiger partial charge is 0.462 e. The molecule has 2 heterocycles. The molecule has 0 aliphatic carbocycles. The molecule has 10 unspecified atom stereocenters. The van der Waals surface area contributed by atoms with Crippen molar-refractivity contribution in [2.24, 2.45) is 23.7 Å². The van der Waals surface area contributed by atoms with Gasteiger partial charge in [0.25, 0.3) is 0 Å². The van der Waals surface area contributed by atoms with E-state index in [0.717, 1.165) is 76.0 Å². The molecule has 0 bridgehead atoms. The number of carbonyl (C=O) groups is 4. The second-order valence-electron chi connectivity index (χ2n) is 24.9. The first-order valence-electron chi connectivity index (χ1n) is 31.6. The van der Waals surface area contributed by atoms with E-state index in [-0.39, 0.29) is 47.9 Å². The fourth-order valence-corrected chi connectivity index (χ4v) is 13.1. The third-order valence-corrected chi connectivity index (χ3v) is 19.2. The van der Waals surface area contributed by atoms with E-state index in [1.54, 1.807) is 0 Å². The van der Waals surface area contributed by atoms with Crippen LogP contribution in [0.15, 0.2) is 0 Å². The fraction of sp³-hybridized carbons (Fsp3) is 0.938. The van der Waals surface area contributed by atoms with Crippen LogP contribution >= 0.6 is 0 Å². The molecule has 0 amide bonds. The van der Waals surface area contributed by atoms with Crippen molar-refractivity contribution >= 4 is 23.9 Å². The molecule has 10 nitrogen and oxygen atoms in total. The zero-order chi connectivity index (χ0) is 55.2. The van der Waals surface area contributed by atoms with E-state index in [0.29, 0.717) is 25.7 Å². The van der Waals surface area contributed by atoms with Crippen LogP contribution in [0.1, 0.15) is 328 Å². The topological polar surface area (TPSA) is 112 Å². The van der Waals surface area contributed by atoms with Crippen molar-refractivity contribution in [2.75, 3.05) is 0 Å². The fourth-order valence-electron chi connectivity index (χ4n) is 13.1. The second kappa shape index (κ2) is 36.1. The number of hydrogen-bond donors (Lipinski definition) is 0. The van der Waals surface area contributed by atoms with Crippen LogP contribution in [0.5, 0.6) is 0 Å². The normalized spacial score (nSPS) is 27.4. The maximum absolute atomic E-state index is 13.3. The average molecular weight is 1050 g/mol. The Kier molecular flexibility index (Phi) is 33.1. The number of hydrogen-bond acceptors (Lipinski definition) is 10. The third-order valence-electron chi connectivity index (χ3n) is 19.2. The van der Waals surface area contributed by atoms with Crippen LogP contribution in [0, 0.1) is 23.7 Å². The van der Waals surface area contributed by atoms with E-state index in [4.69, 9.17) is 19.1 Å². The molecule has 0 radical (unpaired) electrons. The van der Waals surface area contributed by atoms with Gasteiger partial charge in [-0.2, -0.15) is 0 Å². The molecule has 0 aromatic rings. The Bertz CT molecular complexity index is 1450. The molecule has 0 aromatic carbocycles. The Morgan fingerprint density at radius 1 is 0.419 bits per heavy atom. The summed E-state index contributed by atoms with van der Waals surface area (Å²) in [7, 11) is 0. The van der Waals surface area contributed by atoms with Gasteiger partial charge in [0.05, 0.1) is 22.2 Å². The molecule has 434 valence electrons. The van der Waals surface area contributed by atoms with Gasteiger partial charge in [-0.05, 0) is 78.1 Å². The maximum Gasteiger partial charge on any atom is 0.322 e. The molecule has 2 aliphatic rings. The van der Waals surface area contributed by atoms with Gasteiger partial charge >= 0.3 is 23.9 Å². The Balaban J connectivity index is 1.97. The SMILES string of the molecule is CCCCCCCCCC(CCCCCCCC(=O)OC1CC(C)(CC)N(OC(C)=O)C(C)(CC)C1C)C(CCCCCCCCC)CCCCCCCC(=O)OC1CC(C)(CC)N(OC(C)=O)C(C)(CC)C1C.